The molecule has 0 bridgehead atoms. The number of carboxylic acid groups (broad SMARTS) is 2. The van der Waals surface area contributed by atoms with Gasteiger partial charge in [0.2, 0.25) is 0 Å². The monoisotopic (exact) mass is 212 g/mol. The summed E-state index contributed by atoms with van der Waals surface area (Å²) in [5, 5.41) is 31.0. The van der Waals surface area contributed by atoms with E-state index >= 15 is 0 Å². The van der Waals surface area contributed by atoms with E-state index in [0.29, 0.717) is 0 Å². The van der Waals surface area contributed by atoms with Crippen LogP contribution in [0.1, 0.15) is 0 Å². The molecule has 84 valence electrons. The second kappa shape index (κ2) is 11.5. The summed E-state index contributed by atoms with van der Waals surface area (Å²) in [6.45, 7) is -0.802. The van der Waals surface area contributed by atoms with Gasteiger partial charge in [-0.3, -0.25) is 0 Å². The molecule has 0 rings (SSSR count). The van der Waals surface area contributed by atoms with Crippen LogP contribution in [0.25, 0.3) is 0 Å². The first-order valence-corrected chi connectivity index (χ1v) is 3.47. The van der Waals surface area contributed by atoms with Gasteiger partial charge in [0.1, 0.15) is 13.2 Å². The molecule has 0 aliphatic carbocycles. The molecule has 0 aliphatic rings. The summed E-state index contributed by atoms with van der Waals surface area (Å²) >= 11 is 0. The highest BCUT2D eigenvalue weighted by Crippen LogP contribution is 1.79. The van der Waals surface area contributed by atoms with Gasteiger partial charge in [0.25, 0.3) is 0 Å². The van der Waals surface area contributed by atoms with Crippen LogP contribution in [0.2, 0.25) is 0 Å². The minimum absolute atomic E-state index is 0.125. The average molecular weight is 212 g/mol. The van der Waals surface area contributed by atoms with Gasteiger partial charge in [-0.1, -0.05) is 0 Å². The van der Waals surface area contributed by atoms with E-state index in [1.54, 1.807) is 0 Å². The predicted octanol–water partition coefficient (Wildman–Crippen LogP) is -0.653. The molecule has 0 atom stereocenters. The summed E-state index contributed by atoms with van der Waals surface area (Å²) in [6.07, 6.45) is -2.90. The van der Waals surface area contributed by atoms with Crippen molar-refractivity contribution in [3.05, 3.63) is 0 Å². The number of hydrogen-bond donors (Lipinski definition) is 4. The van der Waals surface area contributed by atoms with Crippen molar-refractivity contribution < 1.29 is 39.5 Å². The summed E-state index contributed by atoms with van der Waals surface area (Å²) in [7, 11) is 0. The van der Waals surface area contributed by atoms with Gasteiger partial charge >= 0.3 is 12.3 Å². The van der Waals surface area contributed by atoms with Gasteiger partial charge in [-0.05, 0) is 0 Å². The molecule has 0 amide bonds. The Kier molecular flexibility index (Phi) is 12.2. The molecule has 8 heteroatoms. The summed E-state index contributed by atoms with van der Waals surface area (Å²) in [4.78, 5) is 19.2. The highest BCUT2D eigenvalue weighted by atomic mass is 16.7. The lowest BCUT2D eigenvalue weighted by Gasteiger charge is -1.98. The topological polar surface area (TPSA) is 134 Å². The van der Waals surface area contributed by atoms with Gasteiger partial charge in [-0.25, -0.2) is 9.59 Å². The quantitative estimate of drug-likeness (QED) is 0.356. The predicted molar refractivity (Wildman–Crippen MR) is 42.1 cm³/mol. The first-order chi connectivity index (χ1) is 6.54. The van der Waals surface area contributed by atoms with Crippen LogP contribution in [-0.4, -0.2) is 59.2 Å². The third kappa shape index (κ3) is 22.4. The van der Waals surface area contributed by atoms with Crippen molar-refractivity contribution >= 4 is 12.3 Å². The number of ether oxygens (including phenoxy) is 2. The zero-order valence-corrected chi connectivity index (χ0v) is 7.25. The molecule has 0 fully saturated rings. The van der Waals surface area contributed by atoms with Gasteiger partial charge < -0.3 is 29.9 Å². The van der Waals surface area contributed by atoms with Crippen LogP contribution < -0.4 is 0 Å². The van der Waals surface area contributed by atoms with Crippen molar-refractivity contribution in [1.29, 1.82) is 0 Å². The maximum atomic E-state index is 9.62. The molecule has 0 heterocycles. The fourth-order valence-electron chi connectivity index (χ4n) is 0.258. The van der Waals surface area contributed by atoms with E-state index in [-0.39, 0.29) is 26.4 Å². The molecule has 0 saturated heterocycles. The number of carbonyl (C=O) groups is 2. The van der Waals surface area contributed by atoms with E-state index in [0.717, 1.165) is 0 Å². The van der Waals surface area contributed by atoms with Gasteiger partial charge in [0.15, 0.2) is 0 Å². The number of rotatable bonds is 4. The zero-order valence-electron chi connectivity index (χ0n) is 7.25. The van der Waals surface area contributed by atoms with Crippen LogP contribution in [0, 0.1) is 0 Å². The van der Waals surface area contributed by atoms with Crippen molar-refractivity contribution in [2.24, 2.45) is 0 Å². The van der Waals surface area contributed by atoms with Crippen molar-refractivity contribution in [3.8, 4) is 0 Å². The second-order valence-corrected chi connectivity index (χ2v) is 1.68. The van der Waals surface area contributed by atoms with Gasteiger partial charge in [0.05, 0.1) is 13.2 Å². The molecule has 0 spiro atoms. The SMILES string of the molecule is O=C(O)OCCOC(=O)O.OCCO. The minimum Gasteiger partial charge on any atom is -0.450 e. The van der Waals surface area contributed by atoms with E-state index in [4.69, 9.17) is 20.4 Å². The summed E-state index contributed by atoms with van der Waals surface area (Å²) in [6, 6.07) is 0. The van der Waals surface area contributed by atoms with Crippen LogP contribution in [0.15, 0.2) is 0 Å². The van der Waals surface area contributed by atoms with Crippen LogP contribution >= 0.6 is 0 Å². The molecule has 0 unspecified atom stereocenters. The molecule has 14 heavy (non-hydrogen) atoms. The molecular weight excluding hydrogens is 200 g/mol. The average Bonchev–Trinajstić information content (AvgIpc) is 2.12. The Morgan fingerprint density at radius 2 is 1.14 bits per heavy atom. The molecule has 8 nitrogen and oxygen atoms in total. The van der Waals surface area contributed by atoms with E-state index in [9.17, 15) is 9.59 Å². The highest BCUT2D eigenvalue weighted by Gasteiger charge is 1.98. The fraction of sp³-hybridized carbons (Fsp3) is 0.667. The molecule has 0 aromatic rings. The summed E-state index contributed by atoms with van der Waals surface area (Å²) < 4.78 is 7.84. The Bertz CT molecular complexity index is 138. The second-order valence-electron chi connectivity index (χ2n) is 1.68. The lowest BCUT2D eigenvalue weighted by atomic mass is 10.8. The molecular formula is C6H12O8. The van der Waals surface area contributed by atoms with E-state index in [2.05, 4.69) is 9.47 Å². The van der Waals surface area contributed by atoms with Crippen molar-refractivity contribution in [1.82, 2.24) is 0 Å². The van der Waals surface area contributed by atoms with E-state index in [1.807, 2.05) is 0 Å². The summed E-state index contributed by atoms with van der Waals surface area (Å²) in [5.74, 6) is 0. The highest BCUT2D eigenvalue weighted by molar-refractivity contribution is 5.57. The zero-order chi connectivity index (χ0) is 11.4. The Morgan fingerprint density at radius 3 is 1.29 bits per heavy atom. The molecule has 0 saturated carbocycles. The van der Waals surface area contributed by atoms with Crippen molar-refractivity contribution in [2.75, 3.05) is 26.4 Å². The minimum atomic E-state index is -1.45. The van der Waals surface area contributed by atoms with Crippen LogP contribution in [0.3, 0.4) is 0 Å². The lowest BCUT2D eigenvalue weighted by molar-refractivity contribution is 0.0472. The fourth-order valence-corrected chi connectivity index (χ4v) is 0.258. The van der Waals surface area contributed by atoms with Gasteiger partial charge in [-0.15, -0.1) is 0 Å². The standard InChI is InChI=1S/C4H6O6.C2H6O2/c5-3(6)9-1-2-10-4(7)8;3-1-2-4/h1-2H2,(H,5,6)(H,7,8);3-4H,1-2H2. The van der Waals surface area contributed by atoms with Crippen LogP contribution in [0.4, 0.5) is 9.59 Å². The van der Waals surface area contributed by atoms with E-state index in [1.165, 1.54) is 0 Å². The largest absolute Gasteiger partial charge is 0.505 e. The number of hydrogen-bond acceptors (Lipinski definition) is 6. The van der Waals surface area contributed by atoms with Crippen molar-refractivity contribution in [2.45, 2.75) is 0 Å². The molecule has 4 N–H and O–H groups in total. The van der Waals surface area contributed by atoms with Gasteiger partial charge in [0, 0.05) is 0 Å². The Morgan fingerprint density at radius 1 is 0.857 bits per heavy atom. The maximum Gasteiger partial charge on any atom is 0.505 e. The first-order valence-electron chi connectivity index (χ1n) is 3.47. The number of aliphatic hydroxyl groups excluding tert-OH is 2. The molecule has 0 aromatic carbocycles. The molecule has 0 aromatic heterocycles. The smallest absolute Gasteiger partial charge is 0.450 e. The lowest BCUT2D eigenvalue weighted by Crippen LogP contribution is -2.10. The third-order valence-electron chi connectivity index (χ3n) is 0.634. The first kappa shape index (κ1) is 15.0. The summed E-state index contributed by atoms with van der Waals surface area (Å²) in [5.41, 5.74) is 0. The maximum absolute atomic E-state index is 9.62. The van der Waals surface area contributed by atoms with Crippen molar-refractivity contribution in [3.63, 3.8) is 0 Å². The van der Waals surface area contributed by atoms with Gasteiger partial charge in [-0.2, -0.15) is 0 Å². The van der Waals surface area contributed by atoms with Crippen LogP contribution in [0.5, 0.6) is 0 Å². The number of aliphatic hydroxyl groups is 2. The Hall–Kier alpha value is -1.54. The Balaban J connectivity index is 0. The molecule has 0 radical (unpaired) electrons. The third-order valence-corrected chi connectivity index (χ3v) is 0.634. The normalized spacial score (nSPS) is 8.14. The Labute approximate surface area is 79.3 Å². The van der Waals surface area contributed by atoms with Crippen LogP contribution in [-0.2, 0) is 9.47 Å². The molecule has 0 aliphatic heterocycles. The van der Waals surface area contributed by atoms with E-state index < -0.39 is 12.3 Å².